The Labute approximate surface area is 212 Å². The second kappa shape index (κ2) is 12.5. The van der Waals surface area contributed by atoms with Crippen LogP contribution in [0.15, 0.2) is 40.4 Å². The Hall–Kier alpha value is -2.45. The van der Waals surface area contributed by atoms with Crippen molar-refractivity contribution in [2.24, 2.45) is 10.9 Å². The molecule has 2 heterocycles. The maximum atomic E-state index is 13.9. The number of ether oxygens (including phenoxy) is 1. The number of carbonyl (C=O) groups is 1. The lowest BCUT2D eigenvalue weighted by Crippen LogP contribution is -2.32. The first-order valence-corrected chi connectivity index (χ1v) is 13.1. The van der Waals surface area contributed by atoms with Gasteiger partial charge in [-0.25, -0.2) is 4.39 Å². The summed E-state index contributed by atoms with van der Waals surface area (Å²) in [7, 11) is 0. The number of amides is 1. The topological polar surface area (TPSA) is 68.5 Å². The number of thioether (sulfide) groups is 1. The van der Waals surface area contributed by atoms with Crippen LogP contribution in [0, 0.1) is 18.7 Å². The molecule has 1 aliphatic rings. The third-order valence-corrected chi connectivity index (χ3v) is 7.01. The third-order valence-electron chi connectivity index (χ3n) is 6.03. The minimum Gasteiger partial charge on any atom is -0.381 e. The van der Waals surface area contributed by atoms with Crippen LogP contribution in [0.3, 0.4) is 0 Å². The molecule has 1 aliphatic heterocycles. The van der Waals surface area contributed by atoms with Gasteiger partial charge in [-0.05, 0) is 87.9 Å². The molecule has 0 radical (unpaired) electrons. The second-order valence-corrected chi connectivity index (χ2v) is 10.9. The molecular weight excluding hydrogens is 463 g/mol. The molecule has 2 aromatic rings. The van der Waals surface area contributed by atoms with Gasteiger partial charge in [0.2, 0.25) is 5.91 Å². The molecule has 0 spiro atoms. The molecule has 0 bridgehead atoms. The molecule has 8 heteroatoms. The zero-order valence-electron chi connectivity index (χ0n) is 21.3. The van der Waals surface area contributed by atoms with Crippen molar-refractivity contribution in [3.8, 4) is 11.3 Å². The zero-order valence-corrected chi connectivity index (χ0v) is 22.1. The van der Waals surface area contributed by atoms with E-state index in [2.05, 4.69) is 42.9 Å². The highest BCUT2D eigenvalue weighted by molar-refractivity contribution is 8.01. The van der Waals surface area contributed by atoms with Crippen LogP contribution in [0.2, 0.25) is 0 Å². The number of nitrogens with one attached hydrogen (secondary N) is 1. The van der Waals surface area contributed by atoms with E-state index in [1.807, 2.05) is 22.4 Å². The van der Waals surface area contributed by atoms with Gasteiger partial charge in [0.1, 0.15) is 5.82 Å². The van der Waals surface area contributed by atoms with Gasteiger partial charge in [-0.3, -0.25) is 14.5 Å². The van der Waals surface area contributed by atoms with Crippen molar-refractivity contribution in [1.82, 2.24) is 15.1 Å². The van der Waals surface area contributed by atoms with Crippen LogP contribution in [-0.4, -0.2) is 48.7 Å². The summed E-state index contributed by atoms with van der Waals surface area (Å²) in [6, 6.07) is 5.18. The largest absolute Gasteiger partial charge is 0.381 e. The third kappa shape index (κ3) is 7.77. The fourth-order valence-electron chi connectivity index (χ4n) is 4.10. The van der Waals surface area contributed by atoms with Crippen LogP contribution >= 0.6 is 11.8 Å². The highest BCUT2D eigenvalue weighted by atomic mass is 32.2. The summed E-state index contributed by atoms with van der Waals surface area (Å²) in [4.78, 5) is 16.5. The number of hydrogen-bond donors (Lipinski definition) is 1. The summed E-state index contributed by atoms with van der Waals surface area (Å²) in [6.45, 7) is 14.3. The molecule has 1 aromatic carbocycles. The van der Waals surface area contributed by atoms with Crippen LogP contribution in [-0.2, 0) is 20.8 Å². The molecule has 190 valence electrons. The number of aromatic nitrogens is 2. The average molecular weight is 501 g/mol. The van der Waals surface area contributed by atoms with E-state index in [4.69, 9.17) is 4.74 Å². The fourth-order valence-corrected chi connectivity index (χ4v) is 4.97. The van der Waals surface area contributed by atoms with Crippen LogP contribution in [0.25, 0.3) is 11.3 Å². The van der Waals surface area contributed by atoms with Gasteiger partial charge in [-0.2, -0.15) is 5.10 Å². The van der Waals surface area contributed by atoms with Crippen LogP contribution < -0.4 is 5.32 Å². The monoisotopic (exact) mass is 500 g/mol. The average Bonchev–Trinajstić information content (AvgIpc) is 3.25. The fraction of sp³-hybridized carbons (Fsp3) is 0.519. The van der Waals surface area contributed by atoms with Gasteiger partial charge in [0.05, 0.1) is 30.4 Å². The predicted molar refractivity (Wildman–Crippen MR) is 142 cm³/mol. The highest BCUT2D eigenvalue weighted by Gasteiger charge is 2.22. The molecule has 0 atom stereocenters. The summed E-state index contributed by atoms with van der Waals surface area (Å²) in [6.07, 6.45) is 4.17. The van der Waals surface area contributed by atoms with E-state index in [1.54, 1.807) is 24.8 Å². The first kappa shape index (κ1) is 27.1. The molecule has 1 aromatic heterocycles. The Morgan fingerprint density at radius 3 is 2.77 bits per heavy atom. The van der Waals surface area contributed by atoms with Crippen molar-refractivity contribution in [3.05, 3.63) is 52.3 Å². The molecule has 1 saturated heterocycles. The second-order valence-electron chi connectivity index (χ2n) is 10.1. The SMILES string of the molecule is C=NC/C(=C\SCc1cnn(C(C)(C)C)c1-c1ccc(F)c(C)c1)CC(=O)NCC1CCOCC1. The van der Waals surface area contributed by atoms with E-state index in [9.17, 15) is 9.18 Å². The van der Waals surface area contributed by atoms with Gasteiger partial charge < -0.3 is 10.1 Å². The van der Waals surface area contributed by atoms with Crippen molar-refractivity contribution in [1.29, 1.82) is 0 Å². The molecular formula is C27H37FN4O2S. The number of rotatable bonds is 10. The van der Waals surface area contributed by atoms with Gasteiger partial charge in [0, 0.05) is 36.6 Å². The van der Waals surface area contributed by atoms with Crippen LogP contribution in [0.5, 0.6) is 0 Å². The van der Waals surface area contributed by atoms with E-state index in [-0.39, 0.29) is 17.3 Å². The Morgan fingerprint density at radius 1 is 1.37 bits per heavy atom. The van der Waals surface area contributed by atoms with Crippen molar-refractivity contribution in [2.45, 2.75) is 58.2 Å². The number of carbonyl (C=O) groups excluding carboxylic acids is 1. The van der Waals surface area contributed by atoms with Crippen molar-refractivity contribution in [3.63, 3.8) is 0 Å². The maximum Gasteiger partial charge on any atom is 0.224 e. The Kier molecular flexibility index (Phi) is 9.69. The van der Waals surface area contributed by atoms with Crippen LogP contribution in [0.4, 0.5) is 4.39 Å². The lowest BCUT2D eigenvalue weighted by Gasteiger charge is -2.23. The summed E-state index contributed by atoms with van der Waals surface area (Å²) in [5.41, 5.74) is 4.29. The summed E-state index contributed by atoms with van der Waals surface area (Å²) >= 11 is 1.61. The van der Waals surface area contributed by atoms with Gasteiger partial charge in [-0.1, -0.05) is 0 Å². The minimum absolute atomic E-state index is 0.00928. The minimum atomic E-state index is -0.225. The number of halogens is 1. The van der Waals surface area contributed by atoms with E-state index in [0.29, 0.717) is 36.7 Å². The van der Waals surface area contributed by atoms with E-state index < -0.39 is 0 Å². The van der Waals surface area contributed by atoms with Gasteiger partial charge >= 0.3 is 0 Å². The highest BCUT2D eigenvalue weighted by Crippen LogP contribution is 2.32. The molecule has 0 aliphatic carbocycles. The summed E-state index contributed by atoms with van der Waals surface area (Å²) in [5.74, 6) is 0.952. The first-order chi connectivity index (χ1) is 16.7. The van der Waals surface area contributed by atoms with E-state index in [1.165, 1.54) is 6.07 Å². The normalized spacial score (nSPS) is 15.3. The summed E-state index contributed by atoms with van der Waals surface area (Å²) in [5, 5.41) is 9.72. The Bertz CT molecular complexity index is 1050. The number of nitrogens with zero attached hydrogens (tertiary/aromatic N) is 3. The Balaban J connectivity index is 1.69. The summed E-state index contributed by atoms with van der Waals surface area (Å²) < 4.78 is 21.3. The molecule has 0 saturated carbocycles. The number of aliphatic imine (C=N–C) groups is 1. The van der Waals surface area contributed by atoms with Gasteiger partial charge in [-0.15, -0.1) is 11.8 Å². The quantitative estimate of drug-likeness (QED) is 0.437. The molecule has 0 unspecified atom stereocenters. The van der Waals surface area contributed by atoms with Gasteiger partial charge in [0.25, 0.3) is 0 Å². The van der Waals surface area contributed by atoms with Crippen LogP contribution in [0.1, 0.15) is 51.2 Å². The van der Waals surface area contributed by atoms with E-state index in [0.717, 1.165) is 48.4 Å². The Morgan fingerprint density at radius 2 is 2.11 bits per heavy atom. The molecule has 1 amide bonds. The maximum absolute atomic E-state index is 13.9. The first-order valence-electron chi connectivity index (χ1n) is 12.1. The van der Waals surface area contributed by atoms with Crippen molar-refractivity contribution in [2.75, 3.05) is 26.3 Å². The standard InChI is InChI=1S/C27H37FN4O2S/c1-19-12-22(6-7-24(19)28)26-23(16-31-32(26)27(2,3)4)18-35-17-21(14-29-5)13-25(33)30-15-20-8-10-34-11-9-20/h6-7,12,16-17,20H,5,8-11,13-15,18H2,1-4H3,(H,30,33)/b21-17-. The molecule has 3 rings (SSSR count). The van der Waals surface area contributed by atoms with Crippen molar-refractivity contribution < 1.29 is 13.9 Å². The zero-order chi connectivity index (χ0) is 25.4. The molecule has 1 fully saturated rings. The smallest absolute Gasteiger partial charge is 0.224 e. The predicted octanol–water partition coefficient (Wildman–Crippen LogP) is 5.50. The number of benzene rings is 1. The number of aryl methyl sites for hydroxylation is 1. The van der Waals surface area contributed by atoms with Crippen molar-refractivity contribution >= 4 is 24.4 Å². The molecule has 1 N–H and O–H groups in total. The van der Waals surface area contributed by atoms with E-state index >= 15 is 0 Å². The lowest BCUT2D eigenvalue weighted by molar-refractivity contribution is -0.120. The van der Waals surface area contributed by atoms with Gasteiger partial charge in [0.15, 0.2) is 0 Å². The number of hydrogen-bond acceptors (Lipinski definition) is 5. The molecule has 6 nitrogen and oxygen atoms in total. The molecule has 35 heavy (non-hydrogen) atoms. The lowest BCUT2D eigenvalue weighted by atomic mass is 10.0.